The Kier molecular flexibility index (Phi) is 42.8. The van der Waals surface area contributed by atoms with E-state index in [2.05, 4.69) is 38.1 Å². The fourth-order valence-corrected chi connectivity index (χ4v) is 7.91. The van der Waals surface area contributed by atoms with Crippen molar-refractivity contribution in [2.75, 3.05) is 0 Å². The molecule has 4 atom stereocenters. The van der Waals surface area contributed by atoms with Crippen LogP contribution in [-0.4, -0.2) is 97.2 Å². The van der Waals surface area contributed by atoms with Gasteiger partial charge >= 0.3 is 60.8 Å². The predicted octanol–water partition coefficient (Wildman–Crippen LogP) is 11.1. The van der Waals surface area contributed by atoms with Gasteiger partial charge in [-0.15, -0.1) is 0 Å². The summed E-state index contributed by atoms with van der Waals surface area (Å²) < 4.78 is 23.5. The quantitative estimate of drug-likeness (QED) is 0.0358. The van der Waals surface area contributed by atoms with Crippen molar-refractivity contribution in [2.45, 2.75) is 245 Å². The van der Waals surface area contributed by atoms with Gasteiger partial charge in [0.1, 0.15) is 12.2 Å². The molecule has 4 unspecified atom stereocenters. The van der Waals surface area contributed by atoms with Crippen LogP contribution in [-0.2, 0) is 51.3 Å². The maximum atomic E-state index is 11.4. The fourth-order valence-electron chi connectivity index (χ4n) is 7.91. The molecule has 0 aliphatic heterocycles. The number of hydrogen-bond acceptors (Lipinski definition) is 10. The number of carbonyl (C=O) groups excluding carboxylic acids is 4. The topological polar surface area (TPSA) is 151 Å². The first-order chi connectivity index (χ1) is 31.0. The summed E-state index contributed by atoms with van der Waals surface area (Å²) in [5.41, 5.74) is 2.36. The van der Waals surface area contributed by atoms with Crippen molar-refractivity contribution in [1.82, 2.24) is 0 Å². The molecule has 0 N–H and O–H groups in total. The van der Waals surface area contributed by atoms with Crippen LogP contribution in [0.25, 0.3) is 0 Å². The molecule has 0 aliphatic rings. The summed E-state index contributed by atoms with van der Waals surface area (Å²) in [6.07, 6.45) is 26.8. The van der Waals surface area contributed by atoms with E-state index in [9.17, 15) is 29.4 Å². The summed E-state index contributed by atoms with van der Waals surface area (Å²) >= 11 is 0. The summed E-state index contributed by atoms with van der Waals surface area (Å²) in [7, 11) is 0. The molecule has 0 saturated heterocycles. The number of ether oxygens (including phenoxy) is 4. The van der Waals surface area contributed by atoms with Gasteiger partial charge in [0, 0.05) is 25.8 Å². The van der Waals surface area contributed by atoms with Crippen LogP contribution in [0.4, 0.5) is 0 Å². The standard InChI is InChI=1S/2C27H44O5.Ba/c2*1-3-4-8-19-26(32-23(2)28)20-14-13-18-25(17-11-5-6-12-21-27(29)30)31-22-24-15-9-7-10-16-24;/h2*7,9-10,15-16,25-26H,3-6,8,11-14,17-22H2,1-2H3,(H,29,30);/q;;+2/p-2. The Hall–Kier alpha value is -2.19. The van der Waals surface area contributed by atoms with E-state index in [0.717, 1.165) is 128 Å². The van der Waals surface area contributed by atoms with Crippen molar-refractivity contribution in [3.8, 4) is 0 Å². The number of carbonyl (C=O) groups is 4. The van der Waals surface area contributed by atoms with Gasteiger partial charge in [-0.05, 0) is 114 Å². The van der Waals surface area contributed by atoms with Crippen LogP contribution in [0.2, 0.25) is 0 Å². The number of rotatable bonds is 40. The van der Waals surface area contributed by atoms with E-state index in [0.29, 0.717) is 26.1 Å². The first-order valence-electron chi connectivity index (χ1n) is 25.1. The average molecular weight is 1030 g/mol. The molecule has 10 nitrogen and oxygen atoms in total. The second-order valence-corrected chi connectivity index (χ2v) is 17.5. The Morgan fingerprint density at radius 3 is 0.985 bits per heavy atom. The molecule has 0 heterocycles. The first kappa shape index (κ1) is 62.8. The molecule has 0 spiro atoms. The summed E-state index contributed by atoms with van der Waals surface area (Å²) in [5.74, 6) is -2.30. The van der Waals surface area contributed by atoms with Gasteiger partial charge in [-0.2, -0.15) is 0 Å². The maximum Gasteiger partial charge on any atom is 2.00 e. The minimum absolute atomic E-state index is 0. The monoisotopic (exact) mass is 1030 g/mol. The summed E-state index contributed by atoms with van der Waals surface area (Å²) in [6, 6.07) is 20.4. The van der Waals surface area contributed by atoms with Crippen LogP contribution >= 0.6 is 0 Å². The van der Waals surface area contributed by atoms with Crippen molar-refractivity contribution in [3.05, 3.63) is 71.8 Å². The zero-order chi connectivity index (χ0) is 46.9. The van der Waals surface area contributed by atoms with E-state index in [4.69, 9.17) is 18.9 Å². The second kappa shape index (κ2) is 44.3. The number of hydrogen-bond donors (Lipinski definition) is 0. The summed E-state index contributed by atoms with van der Waals surface area (Å²) in [4.78, 5) is 43.9. The van der Waals surface area contributed by atoms with E-state index in [1.807, 2.05) is 36.4 Å². The number of unbranched alkanes of at least 4 members (excludes halogenated alkanes) is 12. The fraction of sp³-hybridized carbons (Fsp3) is 0.704. The maximum absolute atomic E-state index is 11.4. The molecule has 2 aromatic carbocycles. The SMILES string of the molecule is CCCCCC(CCCCC(CCCCCCC(=O)[O-])OCc1ccccc1)OC(C)=O.CCCCCC(CCCCC(CCCCCCC(=O)[O-])OCc1ccccc1)OC(C)=O.[Ba+2]. The molecule has 0 aliphatic carbocycles. The van der Waals surface area contributed by atoms with Crippen LogP contribution < -0.4 is 10.2 Å². The molecule has 0 aromatic heterocycles. The molecule has 65 heavy (non-hydrogen) atoms. The molecule has 0 fully saturated rings. The molecule has 0 amide bonds. The van der Waals surface area contributed by atoms with E-state index < -0.39 is 11.9 Å². The first-order valence-corrected chi connectivity index (χ1v) is 25.1. The van der Waals surface area contributed by atoms with Crippen molar-refractivity contribution < 1.29 is 48.3 Å². The Bertz CT molecular complexity index is 1320. The number of carboxylic acids is 2. The Labute approximate surface area is 434 Å². The third kappa shape index (κ3) is 40.6. The number of aliphatic carboxylic acids is 2. The predicted molar refractivity (Wildman–Crippen MR) is 258 cm³/mol. The minimum Gasteiger partial charge on any atom is -0.550 e. The molecule has 2 aromatic rings. The number of benzene rings is 2. The van der Waals surface area contributed by atoms with E-state index >= 15 is 0 Å². The van der Waals surface area contributed by atoms with Gasteiger partial charge in [0.25, 0.3) is 0 Å². The molecule has 364 valence electrons. The zero-order valence-corrected chi connectivity index (χ0v) is 45.5. The van der Waals surface area contributed by atoms with Gasteiger partial charge in [-0.3, -0.25) is 9.59 Å². The van der Waals surface area contributed by atoms with Gasteiger partial charge in [0.2, 0.25) is 0 Å². The minimum atomic E-state index is -0.962. The van der Waals surface area contributed by atoms with Gasteiger partial charge in [0.15, 0.2) is 0 Å². The Morgan fingerprint density at radius 2 is 0.692 bits per heavy atom. The van der Waals surface area contributed by atoms with Crippen molar-refractivity contribution in [3.63, 3.8) is 0 Å². The van der Waals surface area contributed by atoms with Crippen LogP contribution in [0, 0.1) is 0 Å². The van der Waals surface area contributed by atoms with Crippen molar-refractivity contribution in [1.29, 1.82) is 0 Å². The molecule has 0 bridgehead atoms. The Morgan fingerprint density at radius 1 is 0.415 bits per heavy atom. The smallest absolute Gasteiger partial charge is 0.550 e. The third-order valence-electron chi connectivity index (χ3n) is 11.5. The summed E-state index contributed by atoms with van der Waals surface area (Å²) in [5, 5.41) is 21.1. The average Bonchev–Trinajstić information content (AvgIpc) is 3.26. The molecule has 11 heteroatoms. The van der Waals surface area contributed by atoms with Gasteiger partial charge in [-0.1, -0.05) is 152 Å². The van der Waals surface area contributed by atoms with Crippen LogP contribution in [0.15, 0.2) is 60.7 Å². The van der Waals surface area contributed by atoms with E-state index in [1.165, 1.54) is 50.7 Å². The molecule has 2 rings (SSSR count). The van der Waals surface area contributed by atoms with Crippen molar-refractivity contribution in [2.24, 2.45) is 0 Å². The van der Waals surface area contributed by atoms with Crippen LogP contribution in [0.3, 0.4) is 0 Å². The van der Waals surface area contributed by atoms with Gasteiger partial charge in [0.05, 0.1) is 25.4 Å². The van der Waals surface area contributed by atoms with Crippen LogP contribution in [0.5, 0.6) is 0 Å². The van der Waals surface area contributed by atoms with E-state index in [-0.39, 0.29) is 98.1 Å². The number of esters is 2. The van der Waals surface area contributed by atoms with E-state index in [1.54, 1.807) is 0 Å². The normalized spacial score (nSPS) is 12.7. The second-order valence-electron chi connectivity index (χ2n) is 17.5. The van der Waals surface area contributed by atoms with Gasteiger partial charge in [-0.25, -0.2) is 0 Å². The summed E-state index contributed by atoms with van der Waals surface area (Å²) in [6.45, 7) is 8.58. The molecular formula is C54H86BaO10. The Balaban J connectivity index is 0.00000124. The van der Waals surface area contributed by atoms with Gasteiger partial charge < -0.3 is 38.7 Å². The zero-order valence-electron chi connectivity index (χ0n) is 41.1. The molecule has 0 saturated carbocycles. The van der Waals surface area contributed by atoms with Crippen molar-refractivity contribution >= 4 is 72.8 Å². The number of carboxylic acid groups (broad SMARTS) is 2. The third-order valence-corrected chi connectivity index (χ3v) is 11.5. The molecular weight excluding hydrogens is 946 g/mol. The molecule has 0 radical (unpaired) electrons. The van der Waals surface area contributed by atoms with Crippen LogP contribution in [0.1, 0.15) is 219 Å². The largest absolute Gasteiger partial charge is 2.00 e.